The van der Waals surface area contributed by atoms with E-state index >= 15 is 0 Å². The third kappa shape index (κ3) is 5.28. The van der Waals surface area contributed by atoms with Crippen molar-refractivity contribution in [2.24, 2.45) is 0 Å². The van der Waals surface area contributed by atoms with Gasteiger partial charge in [-0.15, -0.1) is 0 Å². The van der Waals surface area contributed by atoms with Gasteiger partial charge >= 0.3 is 5.97 Å². The van der Waals surface area contributed by atoms with Gasteiger partial charge in [0.15, 0.2) is 0 Å². The molecule has 0 saturated heterocycles. The Kier molecular flexibility index (Phi) is 7.12. The number of aliphatic carboxylic acids is 1. The molecule has 0 spiro atoms. The minimum atomic E-state index is -1.04. The normalized spacial score (nSPS) is 12.4. The Balaban J connectivity index is 2.42. The summed E-state index contributed by atoms with van der Waals surface area (Å²) >= 11 is 0. The maximum absolute atomic E-state index is 13.8. The standard InChI is InChI=1S/C20H25FN2O3/c1-22(2)11-12-23(14-15-7-5-4-6-8-15)19(20(24)25)17-13-16(21)9-10-18(17)26-3/h4-10,13,19H,11-12,14H2,1-3H3,(H,24,25)/t19-/m1/s1. The monoisotopic (exact) mass is 360 g/mol. The number of ether oxygens (including phenoxy) is 1. The van der Waals surface area contributed by atoms with Crippen molar-refractivity contribution in [1.82, 2.24) is 9.80 Å². The molecule has 0 heterocycles. The number of carboxylic acids is 1. The lowest BCUT2D eigenvalue weighted by molar-refractivity contribution is -0.144. The van der Waals surface area contributed by atoms with Gasteiger partial charge in [0.1, 0.15) is 17.6 Å². The Hall–Kier alpha value is -2.44. The number of methoxy groups -OCH3 is 1. The number of nitrogens with zero attached hydrogens (tertiary/aromatic N) is 2. The van der Waals surface area contributed by atoms with Crippen molar-refractivity contribution in [1.29, 1.82) is 0 Å². The largest absolute Gasteiger partial charge is 0.496 e. The van der Waals surface area contributed by atoms with E-state index in [0.29, 0.717) is 30.9 Å². The molecule has 2 aromatic rings. The van der Waals surface area contributed by atoms with Gasteiger partial charge in [0.25, 0.3) is 0 Å². The van der Waals surface area contributed by atoms with Crippen LogP contribution in [0.25, 0.3) is 0 Å². The van der Waals surface area contributed by atoms with Crippen LogP contribution in [0.1, 0.15) is 17.2 Å². The van der Waals surface area contributed by atoms with E-state index in [2.05, 4.69) is 0 Å². The molecule has 0 aliphatic heterocycles. The fourth-order valence-corrected chi connectivity index (χ4v) is 2.85. The van der Waals surface area contributed by atoms with Crippen molar-refractivity contribution in [3.8, 4) is 5.75 Å². The van der Waals surface area contributed by atoms with Gasteiger partial charge in [-0.2, -0.15) is 0 Å². The molecule has 26 heavy (non-hydrogen) atoms. The van der Waals surface area contributed by atoms with Gasteiger partial charge in [0.05, 0.1) is 7.11 Å². The van der Waals surface area contributed by atoms with Crippen LogP contribution < -0.4 is 4.74 Å². The molecule has 140 valence electrons. The molecule has 0 bridgehead atoms. The summed E-state index contributed by atoms with van der Waals surface area (Å²) in [6.45, 7) is 1.62. The van der Waals surface area contributed by atoms with Crippen LogP contribution in [0.2, 0.25) is 0 Å². The third-order valence-corrected chi connectivity index (χ3v) is 4.15. The highest BCUT2D eigenvalue weighted by Gasteiger charge is 2.30. The number of carboxylic acid groups (broad SMARTS) is 1. The number of hydrogen-bond acceptors (Lipinski definition) is 4. The van der Waals surface area contributed by atoms with E-state index in [-0.39, 0.29) is 0 Å². The predicted octanol–water partition coefficient (Wildman–Crippen LogP) is 3.02. The molecule has 0 amide bonds. The summed E-state index contributed by atoms with van der Waals surface area (Å²) in [6.07, 6.45) is 0. The molecular weight excluding hydrogens is 335 g/mol. The van der Waals surface area contributed by atoms with Crippen LogP contribution in [0.15, 0.2) is 48.5 Å². The third-order valence-electron chi connectivity index (χ3n) is 4.15. The molecule has 0 radical (unpaired) electrons. The fourth-order valence-electron chi connectivity index (χ4n) is 2.85. The van der Waals surface area contributed by atoms with Crippen LogP contribution in [0.3, 0.4) is 0 Å². The van der Waals surface area contributed by atoms with Crippen LogP contribution in [-0.4, -0.2) is 55.2 Å². The topological polar surface area (TPSA) is 53.0 Å². The first-order valence-electron chi connectivity index (χ1n) is 8.41. The average Bonchev–Trinajstić information content (AvgIpc) is 2.60. The molecular formula is C20H25FN2O3. The Morgan fingerprint density at radius 1 is 1.15 bits per heavy atom. The van der Waals surface area contributed by atoms with Crippen molar-refractivity contribution in [3.63, 3.8) is 0 Å². The van der Waals surface area contributed by atoms with E-state index in [9.17, 15) is 14.3 Å². The summed E-state index contributed by atoms with van der Waals surface area (Å²) in [5.41, 5.74) is 1.31. The second kappa shape index (κ2) is 9.31. The fraction of sp³-hybridized carbons (Fsp3) is 0.350. The van der Waals surface area contributed by atoms with Crippen molar-refractivity contribution in [2.75, 3.05) is 34.3 Å². The van der Waals surface area contributed by atoms with E-state index < -0.39 is 17.8 Å². The van der Waals surface area contributed by atoms with Gasteiger partial charge in [-0.25, -0.2) is 4.39 Å². The quantitative estimate of drug-likeness (QED) is 0.745. The zero-order valence-corrected chi connectivity index (χ0v) is 15.4. The van der Waals surface area contributed by atoms with E-state index in [0.717, 1.165) is 5.56 Å². The van der Waals surface area contributed by atoms with E-state index in [1.54, 1.807) is 0 Å². The zero-order chi connectivity index (χ0) is 19.1. The highest BCUT2D eigenvalue weighted by molar-refractivity contribution is 5.76. The van der Waals surface area contributed by atoms with Crippen LogP contribution in [0.4, 0.5) is 4.39 Å². The first-order chi connectivity index (χ1) is 12.4. The van der Waals surface area contributed by atoms with Crippen LogP contribution >= 0.6 is 0 Å². The van der Waals surface area contributed by atoms with Gasteiger partial charge < -0.3 is 14.7 Å². The number of halogens is 1. The molecule has 0 aliphatic carbocycles. The van der Waals surface area contributed by atoms with Gasteiger partial charge in [0, 0.05) is 25.2 Å². The molecule has 1 atom stereocenters. The summed E-state index contributed by atoms with van der Waals surface area (Å²) in [4.78, 5) is 15.9. The van der Waals surface area contributed by atoms with Crippen molar-refractivity contribution in [2.45, 2.75) is 12.6 Å². The van der Waals surface area contributed by atoms with Gasteiger partial charge in [-0.05, 0) is 37.9 Å². The number of benzene rings is 2. The minimum absolute atomic E-state index is 0.315. The molecule has 2 rings (SSSR count). The molecule has 0 aromatic heterocycles. The average molecular weight is 360 g/mol. The molecule has 0 fully saturated rings. The number of likely N-dealkylation sites (N-methyl/N-ethyl adjacent to an activating group) is 1. The summed E-state index contributed by atoms with van der Waals surface area (Å²) in [5.74, 6) is -1.16. The molecule has 0 aliphatic rings. The van der Waals surface area contributed by atoms with Crippen molar-refractivity contribution >= 4 is 5.97 Å². The first kappa shape index (κ1) is 19.9. The van der Waals surface area contributed by atoms with Gasteiger partial charge in [0.2, 0.25) is 0 Å². The van der Waals surface area contributed by atoms with Gasteiger partial charge in [-0.3, -0.25) is 9.69 Å². The zero-order valence-electron chi connectivity index (χ0n) is 15.4. The summed E-state index contributed by atoms with van der Waals surface area (Å²) in [6, 6.07) is 12.6. The Morgan fingerprint density at radius 3 is 2.42 bits per heavy atom. The van der Waals surface area contributed by atoms with E-state index in [1.807, 2.05) is 54.2 Å². The highest BCUT2D eigenvalue weighted by Crippen LogP contribution is 2.31. The maximum atomic E-state index is 13.8. The van der Waals surface area contributed by atoms with Crippen LogP contribution in [0, 0.1) is 5.82 Å². The lowest BCUT2D eigenvalue weighted by Gasteiger charge is -2.31. The molecule has 5 nitrogen and oxygen atoms in total. The van der Waals surface area contributed by atoms with Gasteiger partial charge in [-0.1, -0.05) is 30.3 Å². The Labute approximate surface area is 153 Å². The SMILES string of the molecule is COc1ccc(F)cc1[C@H](C(=O)O)N(CCN(C)C)Cc1ccccc1. The number of carbonyl (C=O) groups is 1. The number of hydrogen-bond donors (Lipinski definition) is 1. The van der Waals surface area contributed by atoms with E-state index in [1.165, 1.54) is 25.3 Å². The van der Waals surface area contributed by atoms with E-state index in [4.69, 9.17) is 4.74 Å². The summed E-state index contributed by atoms with van der Waals surface area (Å²) < 4.78 is 19.1. The van der Waals surface area contributed by atoms with Crippen molar-refractivity contribution < 1.29 is 19.0 Å². The smallest absolute Gasteiger partial charge is 0.325 e. The first-order valence-corrected chi connectivity index (χ1v) is 8.41. The lowest BCUT2D eigenvalue weighted by atomic mass is 10.0. The van der Waals surface area contributed by atoms with Crippen LogP contribution in [0.5, 0.6) is 5.75 Å². The number of rotatable bonds is 9. The molecule has 0 saturated carbocycles. The Morgan fingerprint density at radius 2 is 1.85 bits per heavy atom. The van der Waals surface area contributed by atoms with Crippen LogP contribution in [-0.2, 0) is 11.3 Å². The Bertz CT molecular complexity index is 722. The lowest BCUT2D eigenvalue weighted by Crippen LogP contribution is -2.38. The predicted molar refractivity (Wildman–Crippen MR) is 98.7 cm³/mol. The minimum Gasteiger partial charge on any atom is -0.496 e. The second-order valence-electron chi connectivity index (χ2n) is 6.39. The summed E-state index contributed by atoms with van der Waals surface area (Å²) in [5, 5.41) is 9.92. The van der Waals surface area contributed by atoms with Crippen molar-refractivity contribution in [3.05, 3.63) is 65.5 Å². The maximum Gasteiger partial charge on any atom is 0.325 e. The summed E-state index contributed by atoms with van der Waals surface area (Å²) in [7, 11) is 5.31. The highest BCUT2D eigenvalue weighted by atomic mass is 19.1. The molecule has 6 heteroatoms. The molecule has 0 unspecified atom stereocenters. The molecule has 2 aromatic carbocycles. The second-order valence-corrected chi connectivity index (χ2v) is 6.39. The molecule has 1 N–H and O–H groups in total.